The van der Waals surface area contributed by atoms with E-state index >= 15 is 0 Å². The third-order valence-corrected chi connectivity index (χ3v) is 17.9. The molecule has 544 valence electrons. The fraction of sp³-hybridized carbons (Fsp3) is 0.800. The highest BCUT2D eigenvalue weighted by Crippen LogP contribution is 2.33. The van der Waals surface area contributed by atoms with E-state index in [1.54, 1.807) is 6.08 Å². The summed E-state index contributed by atoms with van der Waals surface area (Å²) >= 11 is 0. The molecule has 12 N–H and O–H groups in total. The third kappa shape index (κ3) is 36.7. The Labute approximate surface area is 565 Å². The number of ether oxygens (including phenoxy) is 6. The molecule has 0 bridgehead atoms. The van der Waals surface area contributed by atoms with E-state index in [2.05, 4.69) is 92.1 Å². The number of aliphatic hydroxyl groups is 11. The van der Waals surface area contributed by atoms with Crippen LogP contribution in [0.5, 0.6) is 0 Å². The van der Waals surface area contributed by atoms with Gasteiger partial charge in [0.05, 0.1) is 38.6 Å². The lowest BCUT2D eigenvalue weighted by Crippen LogP contribution is -2.66. The average molecular weight is 1330 g/mol. The van der Waals surface area contributed by atoms with Crippen molar-refractivity contribution in [1.29, 1.82) is 0 Å². The minimum atomic E-state index is -1.98. The van der Waals surface area contributed by atoms with Crippen LogP contribution in [0.2, 0.25) is 0 Å². The van der Waals surface area contributed by atoms with Gasteiger partial charge in [-0.05, 0) is 77.0 Å². The maximum Gasteiger partial charge on any atom is 0.220 e. The number of allylic oxidation sites excluding steroid dienone is 13. The van der Waals surface area contributed by atoms with Crippen molar-refractivity contribution in [3.63, 3.8) is 0 Å². The first-order chi connectivity index (χ1) is 45.8. The van der Waals surface area contributed by atoms with Gasteiger partial charge in [0.25, 0.3) is 0 Å². The van der Waals surface area contributed by atoms with E-state index in [1.807, 2.05) is 6.08 Å². The summed E-state index contributed by atoms with van der Waals surface area (Å²) in [5.74, 6) is -0.288. The van der Waals surface area contributed by atoms with Crippen LogP contribution in [-0.4, -0.2) is 193 Å². The Morgan fingerprint density at radius 2 is 0.745 bits per heavy atom. The van der Waals surface area contributed by atoms with Gasteiger partial charge in [-0.15, -0.1) is 0 Å². The Morgan fingerprint density at radius 1 is 0.394 bits per heavy atom. The summed E-state index contributed by atoms with van der Waals surface area (Å²) < 4.78 is 34.4. The Hall–Kier alpha value is -3.03. The van der Waals surface area contributed by atoms with E-state index < -0.39 is 124 Å². The first kappa shape index (κ1) is 85.2. The molecule has 3 heterocycles. The molecule has 3 aliphatic heterocycles. The maximum atomic E-state index is 13.4. The summed E-state index contributed by atoms with van der Waals surface area (Å²) in [6.45, 7) is 1.61. The predicted molar refractivity (Wildman–Crippen MR) is 369 cm³/mol. The molecule has 3 fully saturated rings. The van der Waals surface area contributed by atoms with Crippen LogP contribution < -0.4 is 5.32 Å². The molecular weight excluding hydrogens is 1200 g/mol. The fourth-order valence-corrected chi connectivity index (χ4v) is 12.0. The van der Waals surface area contributed by atoms with Gasteiger partial charge >= 0.3 is 0 Å². The second kappa shape index (κ2) is 55.8. The van der Waals surface area contributed by atoms with Gasteiger partial charge < -0.3 is 89.9 Å². The van der Waals surface area contributed by atoms with Crippen molar-refractivity contribution in [1.82, 2.24) is 5.32 Å². The number of hydrogen-bond donors (Lipinski definition) is 12. The Kier molecular flexibility index (Phi) is 50.6. The fourth-order valence-electron chi connectivity index (χ4n) is 12.0. The zero-order valence-corrected chi connectivity index (χ0v) is 57.7. The van der Waals surface area contributed by atoms with E-state index in [0.29, 0.717) is 12.8 Å². The monoisotopic (exact) mass is 1330 g/mol. The molecule has 19 nitrogen and oxygen atoms in total. The van der Waals surface area contributed by atoms with Crippen LogP contribution in [0.25, 0.3) is 0 Å². The topological polar surface area (TPSA) is 307 Å². The number of aliphatic hydroxyl groups excluding tert-OH is 11. The van der Waals surface area contributed by atoms with Gasteiger partial charge in [0.2, 0.25) is 5.91 Å². The van der Waals surface area contributed by atoms with Crippen LogP contribution in [-0.2, 0) is 33.2 Å². The number of hydrogen-bond acceptors (Lipinski definition) is 18. The largest absolute Gasteiger partial charge is 0.394 e. The van der Waals surface area contributed by atoms with Gasteiger partial charge in [0.1, 0.15) is 73.2 Å². The quantitative estimate of drug-likeness (QED) is 0.0199. The van der Waals surface area contributed by atoms with E-state index in [4.69, 9.17) is 28.4 Å². The van der Waals surface area contributed by atoms with Crippen molar-refractivity contribution < 1.29 is 89.4 Å². The van der Waals surface area contributed by atoms with Gasteiger partial charge in [-0.2, -0.15) is 0 Å². The third-order valence-electron chi connectivity index (χ3n) is 17.9. The van der Waals surface area contributed by atoms with Gasteiger partial charge in [0, 0.05) is 6.42 Å². The van der Waals surface area contributed by atoms with Crippen LogP contribution in [0.15, 0.2) is 85.1 Å². The summed E-state index contributed by atoms with van der Waals surface area (Å²) in [5, 5.41) is 121. The number of amides is 1. The van der Waals surface area contributed by atoms with E-state index in [-0.39, 0.29) is 18.9 Å². The molecular formula is C75H131NO18. The van der Waals surface area contributed by atoms with E-state index in [0.717, 1.165) is 83.5 Å². The molecule has 0 aromatic rings. The zero-order chi connectivity index (χ0) is 68.2. The molecule has 3 saturated heterocycles. The van der Waals surface area contributed by atoms with Crippen LogP contribution in [0.1, 0.15) is 251 Å². The van der Waals surface area contributed by atoms with Crippen molar-refractivity contribution in [2.75, 3.05) is 26.4 Å². The lowest BCUT2D eigenvalue weighted by atomic mass is 9.96. The predicted octanol–water partition coefficient (Wildman–Crippen LogP) is 10.7. The molecule has 94 heavy (non-hydrogen) atoms. The number of carbonyl (C=O) groups is 1. The average Bonchev–Trinajstić information content (AvgIpc) is 0.787. The lowest BCUT2D eigenvalue weighted by molar-refractivity contribution is -0.379. The Morgan fingerprint density at radius 3 is 1.19 bits per heavy atom. The molecule has 0 radical (unpaired) electrons. The van der Waals surface area contributed by atoms with Gasteiger partial charge in [-0.25, -0.2) is 0 Å². The van der Waals surface area contributed by atoms with Crippen molar-refractivity contribution in [3.8, 4) is 0 Å². The molecule has 0 saturated carbocycles. The Balaban J connectivity index is 1.41. The van der Waals surface area contributed by atoms with Crippen molar-refractivity contribution >= 4 is 5.91 Å². The highest BCUT2D eigenvalue weighted by Gasteiger charge is 2.53. The zero-order valence-electron chi connectivity index (χ0n) is 57.7. The second-order valence-corrected chi connectivity index (χ2v) is 26.0. The molecule has 3 rings (SSSR count). The molecule has 3 aliphatic rings. The van der Waals surface area contributed by atoms with E-state index in [1.165, 1.54) is 135 Å². The molecule has 0 spiro atoms. The number of carbonyl (C=O) groups excluding carboxylic acids is 1. The van der Waals surface area contributed by atoms with Crippen molar-refractivity contribution in [2.45, 2.75) is 356 Å². The SMILES string of the molecule is CC/C=C\C/C=C\C/C=C\C/C=C\C/C=C\CCCCCCCCCCCCCCCC(=O)NC(COC1OC(CO)C(OC2OC(CO)C(OC3OC(CO)C(O)C(O)C3O)C(O)C2O)C(O)C1O)C(O)/C=C/CC/C=C/CCCCCCCCCCCCCCCC. The van der Waals surface area contributed by atoms with Crippen molar-refractivity contribution in [3.05, 3.63) is 85.1 Å². The molecule has 0 aromatic carbocycles. The summed E-state index contributed by atoms with van der Waals surface area (Å²) in [7, 11) is 0. The minimum Gasteiger partial charge on any atom is -0.394 e. The molecule has 0 aliphatic carbocycles. The van der Waals surface area contributed by atoms with Crippen LogP contribution >= 0.6 is 0 Å². The Bertz CT molecular complexity index is 2030. The highest BCUT2D eigenvalue weighted by atomic mass is 16.8. The molecule has 17 unspecified atom stereocenters. The van der Waals surface area contributed by atoms with E-state index in [9.17, 15) is 61.0 Å². The van der Waals surface area contributed by atoms with Crippen LogP contribution in [0.3, 0.4) is 0 Å². The number of rotatable bonds is 56. The second-order valence-electron chi connectivity index (χ2n) is 26.0. The summed E-state index contributed by atoms with van der Waals surface area (Å²) in [4.78, 5) is 13.4. The van der Waals surface area contributed by atoms with Crippen LogP contribution in [0, 0.1) is 0 Å². The molecule has 1 amide bonds. The summed E-state index contributed by atoms with van der Waals surface area (Å²) in [5.41, 5.74) is 0. The number of unbranched alkanes of at least 4 members (excludes halogenated alkanes) is 28. The minimum absolute atomic E-state index is 0.230. The van der Waals surface area contributed by atoms with Crippen molar-refractivity contribution in [2.24, 2.45) is 0 Å². The standard InChI is InChI=1S/C75H131NO18/c1-3-5-7-9-11-13-15-17-19-21-23-25-26-27-28-29-30-31-32-33-35-37-39-41-43-45-47-49-51-53-63(81)76-58(59(80)52-50-48-46-44-42-40-38-36-34-24-22-20-18-16-14-12-10-8-6-4-2)57-89-73-69(87)66(84)71(61(55-78)91-73)94-75-70(88)67(85)72(62(56-79)92-75)93-74-68(86)65(83)64(82)60(54-77)90-74/h5,7,11,13,17,19,23,25,27-28,42,44,50,52,58-62,64-75,77-80,82-88H,3-4,6,8-10,12,14-16,18,20-22,24,26,29-41,43,45-49,51,53-57H2,1-2H3,(H,76,81)/b7-5-,13-11-,19-17-,25-23-,28-27-,44-42+,52-50+. The first-order valence-electron chi connectivity index (χ1n) is 36.8. The maximum absolute atomic E-state index is 13.4. The van der Waals surface area contributed by atoms with Gasteiger partial charge in [0.15, 0.2) is 18.9 Å². The lowest BCUT2D eigenvalue weighted by Gasteiger charge is -2.48. The summed E-state index contributed by atoms with van der Waals surface area (Å²) in [6, 6.07) is -0.996. The first-order valence-corrected chi connectivity index (χ1v) is 36.8. The summed E-state index contributed by atoms with van der Waals surface area (Å²) in [6.07, 6.45) is 45.6. The van der Waals surface area contributed by atoms with Crippen LogP contribution in [0.4, 0.5) is 0 Å². The molecule has 19 heteroatoms. The smallest absolute Gasteiger partial charge is 0.220 e. The van der Waals surface area contributed by atoms with Gasteiger partial charge in [-0.3, -0.25) is 4.79 Å². The van der Waals surface area contributed by atoms with Gasteiger partial charge in [-0.1, -0.05) is 253 Å². The number of nitrogens with one attached hydrogen (secondary N) is 1. The molecule has 17 atom stereocenters. The highest BCUT2D eigenvalue weighted by molar-refractivity contribution is 5.76. The molecule has 0 aromatic heterocycles. The normalized spacial score (nSPS) is 27.9.